The molecule has 0 bridgehead atoms. The number of carbonyl (C=O) groups is 8. The molecule has 4 aromatic carbocycles. The van der Waals surface area contributed by atoms with Crippen molar-refractivity contribution in [1.29, 1.82) is 0 Å². The van der Waals surface area contributed by atoms with E-state index in [1.54, 1.807) is 62.4 Å². The fraction of sp³-hybridized carbons (Fsp3) is 0.477. The first-order valence-electron chi connectivity index (χ1n) is 29.2. The highest BCUT2D eigenvalue weighted by atomic mass is 32.2. The molecule has 0 fully saturated rings. The van der Waals surface area contributed by atoms with E-state index in [1.807, 2.05) is 107 Å². The number of anilines is 1. The lowest BCUT2D eigenvalue weighted by molar-refractivity contribution is -0.141. The van der Waals surface area contributed by atoms with E-state index in [4.69, 9.17) is 15.2 Å². The normalized spacial score (nSPS) is 14.4. The summed E-state index contributed by atoms with van der Waals surface area (Å²) >= 11 is 0. The molecule has 0 heterocycles. The lowest BCUT2D eigenvalue weighted by atomic mass is 9.76. The maximum absolute atomic E-state index is 14.7. The van der Waals surface area contributed by atoms with Gasteiger partial charge in [0.05, 0.1) is 11.8 Å². The topological polar surface area (TPSA) is 294 Å². The van der Waals surface area contributed by atoms with Crippen LogP contribution in [0.4, 0.5) is 20.1 Å². The van der Waals surface area contributed by atoms with E-state index in [1.165, 1.54) is 54.1 Å². The summed E-state index contributed by atoms with van der Waals surface area (Å²) in [7, 11) is -1.31. The molecule has 21 nitrogen and oxygen atoms in total. The molecule has 0 spiro atoms. The first-order valence-corrected chi connectivity index (χ1v) is 30.8. The van der Waals surface area contributed by atoms with Crippen molar-refractivity contribution in [3.8, 4) is 11.1 Å². The van der Waals surface area contributed by atoms with E-state index in [2.05, 4.69) is 31.3 Å². The van der Waals surface area contributed by atoms with Crippen LogP contribution in [0, 0.1) is 17.3 Å². The number of nitrogens with two attached hydrogens (primary N) is 1. The molecule has 5 rings (SSSR count). The second kappa shape index (κ2) is 29.4. The molecule has 5 atom stereocenters. The van der Waals surface area contributed by atoms with Crippen molar-refractivity contribution in [2.75, 3.05) is 32.6 Å². The molecule has 87 heavy (non-hydrogen) atoms. The number of fused-ring (bicyclic) bond motifs is 3. The Morgan fingerprint density at radius 3 is 1.78 bits per heavy atom. The van der Waals surface area contributed by atoms with E-state index < -0.39 is 116 Å². The number of likely N-dealkylation sites (N-methyl/N-ethyl adjacent to an activating group) is 2. The number of hydrogen-bond donors (Lipinski definition) is 7. The monoisotopic (exact) mass is 1220 g/mol. The summed E-state index contributed by atoms with van der Waals surface area (Å²) in [5.74, 6) is -4.95. The van der Waals surface area contributed by atoms with Crippen LogP contribution in [-0.2, 0) is 54.6 Å². The fourth-order valence-electron chi connectivity index (χ4n) is 10.5. The summed E-state index contributed by atoms with van der Waals surface area (Å²) in [5.41, 5.74) is 7.93. The van der Waals surface area contributed by atoms with E-state index in [0.29, 0.717) is 0 Å². The van der Waals surface area contributed by atoms with Gasteiger partial charge in [0, 0.05) is 43.2 Å². The Hall–Kier alpha value is -8.27. The summed E-state index contributed by atoms with van der Waals surface area (Å²) < 4.78 is 40.6. The zero-order chi connectivity index (χ0) is 64.9. The smallest absolute Gasteiger partial charge is 0.410 e. The Kier molecular flexibility index (Phi) is 23.5. The number of alkyl carbamates (subject to hydrolysis) is 1. The first kappa shape index (κ1) is 69.5. The summed E-state index contributed by atoms with van der Waals surface area (Å²) in [5, 5.41) is 13.6. The predicted molar refractivity (Wildman–Crippen MR) is 335 cm³/mol. The maximum Gasteiger partial charge on any atom is 0.410 e. The second-order valence-electron chi connectivity index (χ2n) is 25.5. The van der Waals surface area contributed by atoms with Crippen molar-refractivity contribution >= 4 is 63.5 Å². The van der Waals surface area contributed by atoms with Gasteiger partial charge >= 0.3 is 18.2 Å². The number of amides is 9. The molecule has 1 aliphatic carbocycles. The van der Waals surface area contributed by atoms with Gasteiger partial charge in [0.25, 0.3) is 5.91 Å². The molecule has 0 aromatic heterocycles. The third kappa shape index (κ3) is 19.1. The zero-order valence-corrected chi connectivity index (χ0v) is 53.6. The quantitative estimate of drug-likeness (QED) is 0.0244. The van der Waals surface area contributed by atoms with Crippen LogP contribution < -0.4 is 37.0 Å². The van der Waals surface area contributed by atoms with Crippen molar-refractivity contribution in [2.24, 2.45) is 23.0 Å². The molecule has 22 heteroatoms. The summed E-state index contributed by atoms with van der Waals surface area (Å²) in [6.07, 6.45) is 0.215. The third-order valence-electron chi connectivity index (χ3n) is 15.2. The molecule has 0 aliphatic heterocycles. The van der Waals surface area contributed by atoms with E-state index in [0.717, 1.165) is 27.8 Å². The Morgan fingerprint density at radius 1 is 0.690 bits per heavy atom. The van der Waals surface area contributed by atoms with Gasteiger partial charge in [0.15, 0.2) is 0 Å². The summed E-state index contributed by atoms with van der Waals surface area (Å²) in [6, 6.07) is 24.7. The molecular formula is C65H89N9O12S. The molecule has 0 radical (unpaired) electrons. The van der Waals surface area contributed by atoms with E-state index in [9.17, 15) is 46.8 Å². The number of hydrogen-bond acceptors (Lipinski definition) is 12. The number of benzene rings is 4. The average molecular weight is 1220 g/mol. The Balaban J connectivity index is 1.24. The van der Waals surface area contributed by atoms with Gasteiger partial charge in [0.1, 0.15) is 36.4 Å². The van der Waals surface area contributed by atoms with E-state index >= 15 is 0 Å². The number of ether oxygens (including phenoxy) is 2. The van der Waals surface area contributed by atoms with Crippen molar-refractivity contribution < 1.29 is 56.2 Å². The molecule has 8 N–H and O–H groups in total. The third-order valence-corrected chi connectivity index (χ3v) is 16.4. The molecule has 4 aromatic rings. The van der Waals surface area contributed by atoms with Gasteiger partial charge in [-0.25, -0.2) is 27.5 Å². The molecule has 0 unspecified atom stereocenters. The van der Waals surface area contributed by atoms with Crippen LogP contribution in [0.25, 0.3) is 11.1 Å². The lowest BCUT2D eigenvalue weighted by Gasteiger charge is -2.42. The highest BCUT2D eigenvalue weighted by molar-refractivity contribution is 7.89. The van der Waals surface area contributed by atoms with Gasteiger partial charge in [-0.05, 0) is 103 Å². The zero-order valence-electron chi connectivity index (χ0n) is 52.8. The minimum atomic E-state index is -4.34. The Labute approximate surface area is 512 Å². The van der Waals surface area contributed by atoms with Crippen molar-refractivity contribution in [3.05, 3.63) is 137 Å². The number of primary amides is 1. The van der Waals surface area contributed by atoms with Crippen LogP contribution >= 0.6 is 0 Å². The van der Waals surface area contributed by atoms with Crippen LogP contribution in [0.5, 0.6) is 0 Å². The van der Waals surface area contributed by atoms with Crippen molar-refractivity contribution in [3.63, 3.8) is 0 Å². The highest BCUT2D eigenvalue weighted by Gasteiger charge is 2.46. The van der Waals surface area contributed by atoms with Crippen molar-refractivity contribution in [1.82, 2.24) is 35.8 Å². The van der Waals surface area contributed by atoms with Gasteiger partial charge in [-0.1, -0.05) is 159 Å². The SMILES string of the molecule is C/C(=C\[C@H](C(C)C)N(C)C(=O)[C@@H](NC(=O)[C@@H](N(C)C(=O)OC(C)(C)C)C(C)(C)c1ccccc1)C(C)(C)C)C(=O)NS(=O)(=O)Cc1ccc(NC(=O)[C@@H](CCCNC(N)=O)NC(=O)[C@H](NC(=O)OCC2c3ccccc3-c3ccccc32)C(C)C)cc1. The van der Waals surface area contributed by atoms with Crippen LogP contribution in [0.3, 0.4) is 0 Å². The highest BCUT2D eigenvalue weighted by Crippen LogP contribution is 2.44. The molecule has 1 aliphatic rings. The predicted octanol–water partition coefficient (Wildman–Crippen LogP) is 8.24. The fourth-order valence-corrected chi connectivity index (χ4v) is 11.6. The van der Waals surface area contributed by atoms with Gasteiger partial charge in [-0.3, -0.25) is 28.9 Å². The number of nitrogens with one attached hydrogen (secondary N) is 6. The number of rotatable bonds is 25. The Bertz CT molecular complexity index is 3220. The van der Waals surface area contributed by atoms with Crippen molar-refractivity contribution in [2.45, 2.75) is 156 Å². The van der Waals surface area contributed by atoms with Crippen LogP contribution in [0.15, 0.2) is 115 Å². The van der Waals surface area contributed by atoms with Gasteiger partial charge in [0.2, 0.25) is 33.7 Å². The molecule has 0 saturated carbocycles. The van der Waals surface area contributed by atoms with Crippen LogP contribution in [0.2, 0.25) is 0 Å². The molecule has 9 amide bonds. The second-order valence-corrected chi connectivity index (χ2v) is 27.2. The maximum atomic E-state index is 14.7. The molecule has 472 valence electrons. The Morgan fingerprint density at radius 2 is 1.25 bits per heavy atom. The number of sulfonamides is 1. The lowest BCUT2D eigenvalue weighted by Crippen LogP contribution is -2.63. The minimum absolute atomic E-state index is 0.00484. The standard InChI is InChI=1S/C65H89N9O12S/c1-39(2)51(73(14)59(79)53(63(6,7)8)71-58(78)54(74(15)62(82)86-64(9,10)11)65(12,13)43-24-17-16-18-25-43)36-41(5)55(75)72-87(83,84)38-42-31-33-44(34-32-42)68-56(76)50(30-23-35-67-60(66)80)69-57(77)52(40(3)4)70-61(81)85-37-49-47-28-21-19-26-45(47)46-27-20-22-29-48(46)49/h16-22,24-29,31-34,36,39-40,49-54H,23,30,35,37-38H2,1-15H3,(H,68,76)(H,69,77)(H,70,81)(H,71,78)(H,72,75)(H3,66,67,80)/b41-36+/t50-,51-,52-,53-,54-/m1/s1. The van der Waals surface area contributed by atoms with Gasteiger partial charge in [-0.2, -0.15) is 0 Å². The summed E-state index contributed by atoms with van der Waals surface area (Å²) in [6.45, 7) is 22.9. The summed E-state index contributed by atoms with van der Waals surface area (Å²) in [4.78, 5) is 112. The molecule has 0 saturated heterocycles. The number of nitrogens with zero attached hydrogens (tertiary/aromatic N) is 2. The average Bonchev–Trinajstić information content (AvgIpc) is 1.79. The number of urea groups is 1. The number of carbonyl (C=O) groups excluding carboxylic acids is 8. The first-order chi connectivity index (χ1) is 40.5. The van der Waals surface area contributed by atoms with Gasteiger partial charge in [-0.15, -0.1) is 0 Å². The van der Waals surface area contributed by atoms with Gasteiger partial charge < -0.3 is 46.7 Å². The van der Waals surface area contributed by atoms with E-state index in [-0.39, 0.29) is 54.7 Å². The molecular weight excluding hydrogens is 1130 g/mol. The van der Waals surface area contributed by atoms with Crippen LogP contribution in [-0.4, -0.2) is 129 Å². The largest absolute Gasteiger partial charge is 0.449 e. The van der Waals surface area contributed by atoms with Crippen LogP contribution in [0.1, 0.15) is 131 Å². The minimum Gasteiger partial charge on any atom is -0.449 e.